The molecule has 0 aliphatic carbocycles. The van der Waals surface area contributed by atoms with Crippen LogP contribution in [0.5, 0.6) is 5.75 Å². The SMILES string of the molecule is COc1ccccc1Nc1nccc(N(C)c2ccccc2)n1. The Morgan fingerprint density at radius 3 is 2.48 bits per heavy atom. The molecule has 0 atom stereocenters. The van der Waals surface area contributed by atoms with E-state index >= 15 is 0 Å². The predicted octanol–water partition coefficient (Wildman–Crippen LogP) is 4.00. The van der Waals surface area contributed by atoms with Gasteiger partial charge in [0.05, 0.1) is 12.8 Å². The average Bonchev–Trinajstić information content (AvgIpc) is 2.62. The fourth-order valence-electron chi connectivity index (χ4n) is 2.25. The number of nitrogens with one attached hydrogen (secondary N) is 1. The number of hydrogen-bond donors (Lipinski definition) is 1. The van der Waals surface area contributed by atoms with Crippen LogP contribution < -0.4 is 15.0 Å². The second kappa shape index (κ2) is 6.79. The summed E-state index contributed by atoms with van der Waals surface area (Å²) in [5, 5.41) is 3.20. The largest absolute Gasteiger partial charge is 0.495 e. The fourth-order valence-corrected chi connectivity index (χ4v) is 2.25. The third kappa shape index (κ3) is 3.40. The van der Waals surface area contributed by atoms with Crippen LogP contribution in [0.15, 0.2) is 66.9 Å². The highest BCUT2D eigenvalue weighted by Gasteiger charge is 2.08. The van der Waals surface area contributed by atoms with Crippen molar-refractivity contribution in [1.29, 1.82) is 0 Å². The summed E-state index contributed by atoms with van der Waals surface area (Å²) in [4.78, 5) is 10.9. The summed E-state index contributed by atoms with van der Waals surface area (Å²) in [5.74, 6) is 2.08. The Balaban J connectivity index is 1.85. The molecule has 0 saturated carbocycles. The maximum Gasteiger partial charge on any atom is 0.229 e. The van der Waals surface area contributed by atoms with E-state index in [1.165, 1.54) is 0 Å². The summed E-state index contributed by atoms with van der Waals surface area (Å²) in [7, 11) is 3.62. The molecule has 0 bridgehead atoms. The van der Waals surface area contributed by atoms with Crippen molar-refractivity contribution in [2.24, 2.45) is 0 Å². The van der Waals surface area contributed by atoms with Crippen molar-refractivity contribution in [3.63, 3.8) is 0 Å². The number of aromatic nitrogens is 2. The van der Waals surface area contributed by atoms with Crippen molar-refractivity contribution in [2.45, 2.75) is 0 Å². The van der Waals surface area contributed by atoms with E-state index in [0.717, 1.165) is 22.9 Å². The molecule has 0 radical (unpaired) electrons. The molecule has 0 fully saturated rings. The van der Waals surface area contributed by atoms with Gasteiger partial charge in [-0.15, -0.1) is 0 Å². The molecule has 2 aromatic carbocycles. The minimum absolute atomic E-state index is 0.523. The Labute approximate surface area is 135 Å². The van der Waals surface area contributed by atoms with Crippen LogP contribution in [0.3, 0.4) is 0 Å². The molecular weight excluding hydrogens is 288 g/mol. The van der Waals surface area contributed by atoms with Gasteiger partial charge in [-0.05, 0) is 30.3 Å². The number of rotatable bonds is 5. The van der Waals surface area contributed by atoms with Crippen LogP contribution in [-0.2, 0) is 0 Å². The number of hydrogen-bond acceptors (Lipinski definition) is 5. The summed E-state index contributed by atoms with van der Waals surface area (Å²) >= 11 is 0. The Morgan fingerprint density at radius 2 is 1.70 bits per heavy atom. The lowest BCUT2D eigenvalue weighted by atomic mass is 10.3. The fraction of sp³-hybridized carbons (Fsp3) is 0.111. The molecule has 0 saturated heterocycles. The minimum Gasteiger partial charge on any atom is -0.495 e. The summed E-state index contributed by atoms with van der Waals surface area (Å²) in [6.45, 7) is 0. The van der Waals surface area contributed by atoms with Crippen LogP contribution in [0, 0.1) is 0 Å². The summed E-state index contributed by atoms with van der Waals surface area (Å²) in [5.41, 5.74) is 1.89. The van der Waals surface area contributed by atoms with Crippen LogP contribution in [0.4, 0.5) is 23.1 Å². The molecule has 0 amide bonds. The molecule has 5 heteroatoms. The zero-order valence-electron chi connectivity index (χ0n) is 13.1. The highest BCUT2D eigenvalue weighted by atomic mass is 16.5. The van der Waals surface area contributed by atoms with E-state index in [4.69, 9.17) is 4.74 Å². The first-order valence-corrected chi connectivity index (χ1v) is 7.30. The van der Waals surface area contributed by atoms with Gasteiger partial charge in [0.15, 0.2) is 0 Å². The summed E-state index contributed by atoms with van der Waals surface area (Å²) in [6, 6.07) is 19.6. The van der Waals surface area contributed by atoms with Crippen molar-refractivity contribution in [3.8, 4) is 5.75 Å². The van der Waals surface area contributed by atoms with Crippen LogP contribution in [0.1, 0.15) is 0 Å². The zero-order chi connectivity index (χ0) is 16.1. The van der Waals surface area contributed by atoms with Gasteiger partial charge in [-0.1, -0.05) is 30.3 Å². The molecule has 1 N–H and O–H groups in total. The van der Waals surface area contributed by atoms with Crippen molar-refractivity contribution in [1.82, 2.24) is 9.97 Å². The second-order valence-corrected chi connectivity index (χ2v) is 4.96. The smallest absolute Gasteiger partial charge is 0.229 e. The highest BCUT2D eigenvalue weighted by molar-refractivity contribution is 5.64. The molecule has 3 aromatic rings. The Morgan fingerprint density at radius 1 is 0.957 bits per heavy atom. The first kappa shape index (κ1) is 14.8. The maximum atomic E-state index is 5.34. The molecule has 1 heterocycles. The molecule has 116 valence electrons. The molecule has 5 nitrogen and oxygen atoms in total. The van der Waals surface area contributed by atoms with Crippen LogP contribution in [0.25, 0.3) is 0 Å². The van der Waals surface area contributed by atoms with Crippen molar-refractivity contribution in [3.05, 3.63) is 66.9 Å². The number of methoxy groups -OCH3 is 1. The Hall–Kier alpha value is -3.08. The topological polar surface area (TPSA) is 50.3 Å². The molecule has 23 heavy (non-hydrogen) atoms. The second-order valence-electron chi connectivity index (χ2n) is 4.96. The van der Waals surface area contributed by atoms with E-state index < -0.39 is 0 Å². The van der Waals surface area contributed by atoms with Crippen molar-refractivity contribution in [2.75, 3.05) is 24.4 Å². The van der Waals surface area contributed by atoms with Gasteiger partial charge >= 0.3 is 0 Å². The van der Waals surface area contributed by atoms with Crippen molar-refractivity contribution >= 4 is 23.1 Å². The summed E-state index contributed by atoms with van der Waals surface area (Å²) < 4.78 is 5.34. The average molecular weight is 306 g/mol. The molecule has 3 rings (SSSR count). The van der Waals surface area contributed by atoms with Crippen LogP contribution >= 0.6 is 0 Å². The third-order valence-electron chi connectivity index (χ3n) is 3.48. The third-order valence-corrected chi connectivity index (χ3v) is 3.48. The zero-order valence-corrected chi connectivity index (χ0v) is 13.1. The van der Waals surface area contributed by atoms with E-state index in [-0.39, 0.29) is 0 Å². The number of ether oxygens (including phenoxy) is 1. The molecule has 0 aliphatic rings. The van der Waals surface area contributed by atoms with E-state index in [2.05, 4.69) is 15.3 Å². The molecule has 0 aliphatic heterocycles. The van der Waals surface area contributed by atoms with Crippen LogP contribution in [-0.4, -0.2) is 24.1 Å². The number of para-hydroxylation sites is 3. The lowest BCUT2D eigenvalue weighted by Gasteiger charge is -2.18. The number of benzene rings is 2. The van der Waals surface area contributed by atoms with Crippen molar-refractivity contribution < 1.29 is 4.74 Å². The van der Waals surface area contributed by atoms with E-state index in [9.17, 15) is 0 Å². The standard InChI is InChI=1S/C18H18N4O/c1-22(14-8-4-3-5-9-14)17-12-13-19-18(21-17)20-15-10-6-7-11-16(15)23-2/h3-13H,1-2H3,(H,19,20,21). The van der Waals surface area contributed by atoms with Gasteiger partial charge in [-0.2, -0.15) is 4.98 Å². The maximum absolute atomic E-state index is 5.34. The first-order chi connectivity index (χ1) is 11.3. The van der Waals surface area contributed by atoms with Gasteiger partial charge in [-0.25, -0.2) is 4.98 Å². The lowest BCUT2D eigenvalue weighted by Crippen LogP contribution is -2.12. The lowest BCUT2D eigenvalue weighted by molar-refractivity contribution is 0.417. The Kier molecular flexibility index (Phi) is 4.38. The molecule has 0 unspecified atom stereocenters. The van der Waals surface area contributed by atoms with E-state index in [1.807, 2.05) is 72.6 Å². The van der Waals surface area contributed by atoms with Gasteiger partial charge < -0.3 is 15.0 Å². The monoisotopic (exact) mass is 306 g/mol. The summed E-state index contributed by atoms with van der Waals surface area (Å²) in [6.07, 6.45) is 1.74. The number of nitrogens with zero attached hydrogens (tertiary/aromatic N) is 3. The van der Waals surface area contributed by atoms with E-state index in [1.54, 1.807) is 13.3 Å². The predicted molar refractivity (Wildman–Crippen MR) is 92.8 cm³/mol. The van der Waals surface area contributed by atoms with Gasteiger partial charge in [0.25, 0.3) is 0 Å². The van der Waals surface area contributed by atoms with E-state index in [0.29, 0.717) is 5.95 Å². The van der Waals surface area contributed by atoms with Gasteiger partial charge in [0, 0.05) is 18.9 Å². The van der Waals surface area contributed by atoms with Gasteiger partial charge in [-0.3, -0.25) is 0 Å². The molecular formula is C18H18N4O. The molecule has 0 spiro atoms. The number of anilines is 4. The Bertz CT molecular complexity index is 777. The van der Waals surface area contributed by atoms with Crippen LogP contribution in [0.2, 0.25) is 0 Å². The highest BCUT2D eigenvalue weighted by Crippen LogP contribution is 2.27. The molecule has 1 aromatic heterocycles. The van der Waals surface area contributed by atoms with Gasteiger partial charge in [0.1, 0.15) is 11.6 Å². The quantitative estimate of drug-likeness (QED) is 0.772. The first-order valence-electron chi connectivity index (χ1n) is 7.30. The normalized spacial score (nSPS) is 10.2. The van der Waals surface area contributed by atoms with Gasteiger partial charge in [0.2, 0.25) is 5.95 Å². The minimum atomic E-state index is 0.523.